The maximum absolute atomic E-state index is 13.0. The molecule has 0 saturated carbocycles. The Labute approximate surface area is 96.7 Å². The van der Waals surface area contributed by atoms with Gasteiger partial charge in [-0.15, -0.1) is 0 Å². The molecule has 0 bridgehead atoms. The minimum absolute atomic E-state index is 0.346. The third-order valence-electron chi connectivity index (χ3n) is 2.54. The third kappa shape index (κ3) is 1.63. The minimum Gasteiger partial charge on any atom is -0.436 e. The normalized spacial score (nSPS) is 10.9. The molecule has 3 rings (SSSR count). The molecule has 0 fully saturated rings. The molecule has 4 heteroatoms. The summed E-state index contributed by atoms with van der Waals surface area (Å²) in [7, 11) is 0. The van der Waals surface area contributed by atoms with Crippen LogP contribution in [0, 0.1) is 5.82 Å². The zero-order valence-corrected chi connectivity index (χ0v) is 8.85. The fraction of sp³-hybridized carbons (Fsp3) is 0. The Morgan fingerprint density at radius 1 is 1.12 bits per heavy atom. The number of hydrogen-bond acceptors (Lipinski definition) is 3. The molecular weight excluding hydrogens is 219 g/mol. The van der Waals surface area contributed by atoms with Gasteiger partial charge in [-0.3, -0.25) is 0 Å². The molecule has 0 aliphatic heterocycles. The Hall–Kier alpha value is -2.36. The maximum atomic E-state index is 13.0. The van der Waals surface area contributed by atoms with Crippen LogP contribution in [-0.4, -0.2) is 4.98 Å². The number of oxazole rings is 1. The van der Waals surface area contributed by atoms with E-state index < -0.39 is 0 Å². The van der Waals surface area contributed by atoms with Crippen molar-refractivity contribution in [3.63, 3.8) is 0 Å². The van der Waals surface area contributed by atoms with E-state index in [4.69, 9.17) is 10.2 Å². The zero-order valence-electron chi connectivity index (χ0n) is 8.85. The number of fused-ring (bicyclic) bond motifs is 1. The van der Waals surface area contributed by atoms with Gasteiger partial charge in [0.25, 0.3) is 0 Å². The van der Waals surface area contributed by atoms with Gasteiger partial charge in [0.1, 0.15) is 11.3 Å². The minimum atomic E-state index is -0.346. The van der Waals surface area contributed by atoms with E-state index in [1.54, 1.807) is 12.1 Å². The molecule has 0 aliphatic carbocycles. The average Bonchev–Trinajstić information content (AvgIpc) is 2.72. The number of anilines is 1. The van der Waals surface area contributed by atoms with Crippen LogP contribution in [0.15, 0.2) is 46.9 Å². The summed E-state index contributed by atoms with van der Waals surface area (Å²) in [6.07, 6.45) is 0. The Balaban J connectivity index is 2.22. The summed E-state index contributed by atoms with van der Waals surface area (Å²) < 4.78 is 18.5. The fourth-order valence-corrected chi connectivity index (χ4v) is 1.71. The van der Waals surface area contributed by atoms with Crippen molar-refractivity contribution in [2.24, 2.45) is 0 Å². The zero-order chi connectivity index (χ0) is 11.8. The van der Waals surface area contributed by atoms with Crippen LogP contribution in [-0.2, 0) is 0 Å². The van der Waals surface area contributed by atoms with Crippen LogP contribution in [0.4, 0.5) is 10.1 Å². The number of benzene rings is 2. The summed E-state index contributed by atoms with van der Waals surface area (Å²) in [5.74, 6) is 0.0601. The molecule has 0 unspecified atom stereocenters. The number of halogens is 1. The van der Waals surface area contributed by atoms with E-state index in [0.29, 0.717) is 28.2 Å². The highest BCUT2D eigenvalue weighted by Gasteiger charge is 2.10. The van der Waals surface area contributed by atoms with Crippen LogP contribution in [0.25, 0.3) is 22.6 Å². The number of nitrogens with zero attached hydrogens (tertiary/aromatic N) is 1. The first-order chi connectivity index (χ1) is 8.24. The first-order valence-electron chi connectivity index (χ1n) is 5.15. The molecule has 2 aromatic carbocycles. The number of para-hydroxylation sites is 1. The van der Waals surface area contributed by atoms with Gasteiger partial charge in [-0.25, -0.2) is 9.37 Å². The van der Waals surface area contributed by atoms with E-state index in [1.807, 2.05) is 18.2 Å². The molecule has 0 amide bonds. The lowest BCUT2D eigenvalue weighted by molar-refractivity contribution is 0.602. The van der Waals surface area contributed by atoms with Crippen LogP contribution in [0.5, 0.6) is 0 Å². The average molecular weight is 228 g/mol. The summed E-state index contributed by atoms with van der Waals surface area (Å²) in [5, 5.41) is 0. The summed E-state index contributed by atoms with van der Waals surface area (Å²) in [4.78, 5) is 4.27. The predicted molar refractivity (Wildman–Crippen MR) is 63.8 cm³/mol. The number of nitrogen functional groups attached to an aromatic ring is 1. The second kappa shape index (κ2) is 3.59. The first-order valence-corrected chi connectivity index (χ1v) is 5.15. The van der Waals surface area contributed by atoms with Gasteiger partial charge < -0.3 is 10.2 Å². The van der Waals surface area contributed by atoms with Gasteiger partial charge in [0.05, 0.1) is 5.56 Å². The topological polar surface area (TPSA) is 52.0 Å². The van der Waals surface area contributed by atoms with Crippen LogP contribution < -0.4 is 5.73 Å². The highest BCUT2D eigenvalue weighted by Crippen LogP contribution is 2.28. The Morgan fingerprint density at radius 2 is 1.94 bits per heavy atom. The van der Waals surface area contributed by atoms with E-state index >= 15 is 0 Å². The highest BCUT2D eigenvalue weighted by atomic mass is 19.1. The molecule has 17 heavy (non-hydrogen) atoms. The monoisotopic (exact) mass is 228 g/mol. The lowest BCUT2D eigenvalue weighted by atomic mass is 10.2. The van der Waals surface area contributed by atoms with Gasteiger partial charge in [0.2, 0.25) is 5.89 Å². The van der Waals surface area contributed by atoms with Gasteiger partial charge in [-0.1, -0.05) is 12.1 Å². The molecule has 84 valence electrons. The second-order valence-electron chi connectivity index (χ2n) is 3.72. The second-order valence-corrected chi connectivity index (χ2v) is 3.72. The van der Waals surface area contributed by atoms with Crippen molar-refractivity contribution >= 4 is 16.8 Å². The van der Waals surface area contributed by atoms with Crippen molar-refractivity contribution < 1.29 is 8.81 Å². The fourth-order valence-electron chi connectivity index (χ4n) is 1.71. The van der Waals surface area contributed by atoms with E-state index in [1.165, 1.54) is 12.1 Å². The molecule has 0 spiro atoms. The number of nitrogens with two attached hydrogens (primary N) is 1. The van der Waals surface area contributed by atoms with Crippen molar-refractivity contribution in [1.82, 2.24) is 4.98 Å². The van der Waals surface area contributed by atoms with Gasteiger partial charge in [0, 0.05) is 11.8 Å². The van der Waals surface area contributed by atoms with E-state index in [-0.39, 0.29) is 5.82 Å². The van der Waals surface area contributed by atoms with E-state index in [2.05, 4.69) is 4.98 Å². The molecule has 3 aromatic rings. The van der Waals surface area contributed by atoms with E-state index in [0.717, 1.165) is 0 Å². The molecule has 1 heterocycles. The van der Waals surface area contributed by atoms with Crippen molar-refractivity contribution in [2.75, 3.05) is 5.73 Å². The van der Waals surface area contributed by atoms with Gasteiger partial charge in [-0.2, -0.15) is 0 Å². The number of rotatable bonds is 1. The van der Waals surface area contributed by atoms with Crippen molar-refractivity contribution in [3.8, 4) is 11.5 Å². The van der Waals surface area contributed by atoms with Crippen molar-refractivity contribution in [3.05, 3.63) is 48.3 Å². The molecule has 3 nitrogen and oxygen atoms in total. The molecule has 0 saturated heterocycles. The summed E-state index contributed by atoms with van der Waals surface area (Å²) in [6.45, 7) is 0. The molecule has 0 aliphatic rings. The quantitative estimate of drug-likeness (QED) is 0.650. The van der Waals surface area contributed by atoms with E-state index in [9.17, 15) is 4.39 Å². The molecule has 1 aromatic heterocycles. The number of aromatic nitrogens is 1. The van der Waals surface area contributed by atoms with Gasteiger partial charge in [0.15, 0.2) is 5.58 Å². The van der Waals surface area contributed by atoms with Crippen LogP contribution in [0.1, 0.15) is 0 Å². The van der Waals surface area contributed by atoms with Crippen LogP contribution >= 0.6 is 0 Å². The summed E-state index contributed by atoms with van der Waals surface area (Å²) in [6, 6.07) is 11.5. The van der Waals surface area contributed by atoms with Gasteiger partial charge in [-0.05, 0) is 24.3 Å². The Bertz CT molecular complexity index is 691. The Morgan fingerprint density at radius 3 is 2.76 bits per heavy atom. The molecular formula is C13H9FN2O. The summed E-state index contributed by atoms with van der Waals surface area (Å²) >= 11 is 0. The third-order valence-corrected chi connectivity index (χ3v) is 2.54. The highest BCUT2D eigenvalue weighted by molar-refractivity contribution is 5.79. The predicted octanol–water partition coefficient (Wildman–Crippen LogP) is 3.22. The van der Waals surface area contributed by atoms with Crippen LogP contribution in [0.3, 0.4) is 0 Å². The van der Waals surface area contributed by atoms with Crippen LogP contribution in [0.2, 0.25) is 0 Å². The molecule has 2 N–H and O–H groups in total. The maximum Gasteiger partial charge on any atom is 0.229 e. The Kier molecular flexibility index (Phi) is 2.08. The lowest BCUT2D eigenvalue weighted by Gasteiger charge is -1.98. The lowest BCUT2D eigenvalue weighted by Crippen LogP contribution is -1.88. The smallest absolute Gasteiger partial charge is 0.229 e. The van der Waals surface area contributed by atoms with Crippen molar-refractivity contribution in [2.45, 2.75) is 0 Å². The number of hydrogen-bond donors (Lipinski definition) is 1. The first kappa shape index (κ1) is 9.84. The SMILES string of the molecule is Nc1ccccc1-c1nc2ccc(F)cc2o1. The van der Waals surface area contributed by atoms with Crippen molar-refractivity contribution in [1.29, 1.82) is 0 Å². The molecule has 0 atom stereocenters. The van der Waals surface area contributed by atoms with Gasteiger partial charge >= 0.3 is 0 Å². The standard InChI is InChI=1S/C13H9FN2O/c14-8-5-6-11-12(7-8)17-13(16-11)9-3-1-2-4-10(9)15/h1-7H,15H2. The molecule has 0 radical (unpaired) electrons. The largest absolute Gasteiger partial charge is 0.436 e. The summed E-state index contributed by atoms with van der Waals surface area (Å²) in [5.41, 5.74) is 8.16.